The number of hydrogen-bond donors (Lipinski definition) is 3. The van der Waals surface area contributed by atoms with Gasteiger partial charge in [-0.05, 0) is 55.2 Å². The SMILES string of the molecule is [2H]C([2H])([2H])Oc1ccc(F)cc1C(=O)N[C@@H]1CCc2cc(-c3nn(C(C)C(F)(F)F)c(N)c3C(N)=O)ccc21. The summed E-state index contributed by atoms with van der Waals surface area (Å²) in [4.78, 5) is 25.0. The molecule has 12 heteroatoms. The molecule has 0 radical (unpaired) electrons. The minimum absolute atomic E-state index is 0.113. The Kier molecular flexibility index (Phi) is 5.40. The molecule has 0 saturated carbocycles. The number of primary amides is 1. The smallest absolute Gasteiger partial charge is 0.410 e. The van der Waals surface area contributed by atoms with Gasteiger partial charge in [0.2, 0.25) is 0 Å². The van der Waals surface area contributed by atoms with Gasteiger partial charge in [0.05, 0.1) is 22.8 Å². The summed E-state index contributed by atoms with van der Waals surface area (Å²) in [5, 5.41) is 6.68. The molecule has 1 aromatic heterocycles. The fourth-order valence-corrected chi connectivity index (χ4v) is 4.25. The summed E-state index contributed by atoms with van der Waals surface area (Å²) in [6.45, 7) is 0.848. The van der Waals surface area contributed by atoms with E-state index in [1.807, 2.05) is 0 Å². The van der Waals surface area contributed by atoms with Gasteiger partial charge in [-0.15, -0.1) is 0 Å². The van der Waals surface area contributed by atoms with Crippen LogP contribution in [0.5, 0.6) is 5.75 Å². The summed E-state index contributed by atoms with van der Waals surface area (Å²) >= 11 is 0. The normalized spacial score (nSPS) is 17.5. The van der Waals surface area contributed by atoms with Gasteiger partial charge in [-0.3, -0.25) is 9.59 Å². The number of methoxy groups -OCH3 is 1. The number of rotatable bonds is 6. The van der Waals surface area contributed by atoms with E-state index in [0.29, 0.717) is 34.2 Å². The maximum Gasteiger partial charge on any atom is 0.410 e. The molecule has 2 atom stereocenters. The highest BCUT2D eigenvalue weighted by Gasteiger charge is 2.40. The number of amides is 2. The summed E-state index contributed by atoms with van der Waals surface area (Å²) in [5.41, 5.74) is 12.1. The molecular weight excluding hydrogens is 482 g/mol. The Hall–Kier alpha value is -4.09. The topological polar surface area (TPSA) is 125 Å². The Morgan fingerprint density at radius 1 is 1.28 bits per heavy atom. The summed E-state index contributed by atoms with van der Waals surface area (Å²) in [5.74, 6) is -3.41. The summed E-state index contributed by atoms with van der Waals surface area (Å²) in [6.07, 6.45) is -3.82. The Morgan fingerprint density at radius 3 is 2.69 bits per heavy atom. The fraction of sp³-hybridized carbons (Fsp3) is 0.292. The first kappa shape index (κ1) is 21.2. The fourth-order valence-electron chi connectivity index (χ4n) is 4.25. The highest BCUT2D eigenvalue weighted by molar-refractivity contribution is 6.03. The van der Waals surface area contributed by atoms with Crippen LogP contribution < -0.4 is 21.5 Å². The molecule has 36 heavy (non-hydrogen) atoms. The minimum atomic E-state index is -4.67. The van der Waals surface area contributed by atoms with Crippen molar-refractivity contribution in [3.63, 3.8) is 0 Å². The van der Waals surface area contributed by atoms with Crippen LogP contribution in [0, 0.1) is 5.82 Å². The Morgan fingerprint density at radius 2 is 2.03 bits per heavy atom. The third kappa shape index (κ3) is 4.45. The molecule has 0 spiro atoms. The summed E-state index contributed by atoms with van der Waals surface area (Å²) in [7, 11) is -2.86. The quantitative estimate of drug-likeness (QED) is 0.435. The van der Waals surface area contributed by atoms with Crippen molar-refractivity contribution in [3.05, 3.63) is 64.5 Å². The standard InChI is InChI=1S/C24H23F4N5O3/c1-11(24(26,27)28)33-21(29)19(22(30)34)20(32-33)13-3-6-15-12(9-13)4-7-17(15)31-23(35)16-10-14(25)5-8-18(16)36-2/h3,5-6,8-11,17H,4,7,29H2,1-2H3,(H2,30,34)(H,31,35)/t11?,17-/m1/s1/i2D3. The first-order valence-electron chi connectivity index (χ1n) is 12.2. The number of fused-ring (bicyclic) bond motifs is 1. The predicted molar refractivity (Wildman–Crippen MR) is 123 cm³/mol. The van der Waals surface area contributed by atoms with Crippen LogP contribution >= 0.6 is 0 Å². The van der Waals surface area contributed by atoms with E-state index in [2.05, 4.69) is 10.4 Å². The third-order valence-corrected chi connectivity index (χ3v) is 6.13. The van der Waals surface area contributed by atoms with Crippen molar-refractivity contribution >= 4 is 17.6 Å². The van der Waals surface area contributed by atoms with Crippen LogP contribution in [0.25, 0.3) is 11.3 Å². The number of halogens is 4. The number of anilines is 1. The van der Waals surface area contributed by atoms with Crippen molar-refractivity contribution in [3.8, 4) is 17.0 Å². The lowest BCUT2D eigenvalue weighted by Gasteiger charge is -2.17. The average Bonchev–Trinajstić information content (AvgIpc) is 3.38. The van der Waals surface area contributed by atoms with E-state index in [-0.39, 0.29) is 22.6 Å². The molecule has 8 nitrogen and oxygen atoms in total. The number of nitrogens with zero attached hydrogens (tertiary/aromatic N) is 2. The molecule has 2 aromatic carbocycles. The zero-order valence-corrected chi connectivity index (χ0v) is 18.8. The molecule has 2 amide bonds. The third-order valence-electron chi connectivity index (χ3n) is 6.13. The maximum absolute atomic E-state index is 13.8. The molecule has 3 aromatic rings. The molecule has 4 rings (SSSR count). The average molecular weight is 508 g/mol. The number of benzene rings is 2. The van der Waals surface area contributed by atoms with E-state index in [1.165, 1.54) is 6.07 Å². The number of nitrogens with one attached hydrogen (secondary N) is 1. The molecular formula is C24H23F4N5O3. The Balaban J connectivity index is 1.64. The molecule has 5 N–H and O–H groups in total. The zero-order chi connectivity index (χ0) is 28.9. The Bertz CT molecular complexity index is 1460. The highest BCUT2D eigenvalue weighted by atomic mass is 19.4. The van der Waals surface area contributed by atoms with Crippen molar-refractivity contribution in [2.75, 3.05) is 12.8 Å². The van der Waals surface area contributed by atoms with E-state index in [9.17, 15) is 27.2 Å². The zero-order valence-electron chi connectivity index (χ0n) is 21.8. The van der Waals surface area contributed by atoms with Crippen LogP contribution in [-0.2, 0) is 6.42 Å². The number of carbonyl (C=O) groups is 2. The number of hydrogen-bond acceptors (Lipinski definition) is 5. The van der Waals surface area contributed by atoms with E-state index >= 15 is 0 Å². The molecule has 0 aliphatic heterocycles. The predicted octanol–water partition coefficient (Wildman–Crippen LogP) is 3.92. The molecule has 1 aliphatic carbocycles. The van der Waals surface area contributed by atoms with Crippen molar-refractivity contribution in [1.29, 1.82) is 0 Å². The molecule has 0 bridgehead atoms. The number of carbonyl (C=O) groups excluding carboxylic acids is 2. The molecule has 0 saturated heterocycles. The number of aryl methyl sites for hydroxylation is 1. The van der Waals surface area contributed by atoms with Crippen LogP contribution in [0.4, 0.5) is 23.4 Å². The van der Waals surface area contributed by atoms with Crippen molar-refractivity contribution in [1.82, 2.24) is 15.1 Å². The number of aromatic nitrogens is 2. The van der Waals surface area contributed by atoms with Gasteiger partial charge in [0.15, 0.2) is 0 Å². The van der Waals surface area contributed by atoms with Gasteiger partial charge in [0, 0.05) is 5.56 Å². The molecule has 190 valence electrons. The molecule has 0 fully saturated rings. The van der Waals surface area contributed by atoms with Crippen LogP contribution in [0.2, 0.25) is 0 Å². The summed E-state index contributed by atoms with van der Waals surface area (Å²) < 4.78 is 80.9. The monoisotopic (exact) mass is 508 g/mol. The molecule has 1 unspecified atom stereocenters. The lowest BCUT2D eigenvalue weighted by Crippen LogP contribution is -2.27. The van der Waals surface area contributed by atoms with Gasteiger partial charge in [0.1, 0.15) is 34.7 Å². The largest absolute Gasteiger partial charge is 0.496 e. The van der Waals surface area contributed by atoms with E-state index < -0.39 is 48.7 Å². The van der Waals surface area contributed by atoms with Gasteiger partial charge < -0.3 is 21.5 Å². The maximum atomic E-state index is 13.8. The highest BCUT2D eigenvalue weighted by Crippen LogP contribution is 2.38. The number of ether oxygens (including phenoxy) is 1. The van der Waals surface area contributed by atoms with Crippen molar-refractivity contribution in [2.45, 2.75) is 38.0 Å². The van der Waals surface area contributed by atoms with Crippen LogP contribution in [-0.4, -0.2) is 34.8 Å². The number of nitrogen functional groups attached to an aromatic ring is 1. The molecule has 1 aliphatic rings. The van der Waals surface area contributed by atoms with Crippen LogP contribution in [0.1, 0.15) is 61.4 Å². The Labute approximate surface area is 207 Å². The van der Waals surface area contributed by atoms with Gasteiger partial charge in [0.25, 0.3) is 11.8 Å². The minimum Gasteiger partial charge on any atom is -0.496 e. The van der Waals surface area contributed by atoms with E-state index in [0.717, 1.165) is 25.1 Å². The van der Waals surface area contributed by atoms with Crippen LogP contribution in [0.15, 0.2) is 36.4 Å². The van der Waals surface area contributed by atoms with Crippen molar-refractivity contribution < 1.29 is 36.0 Å². The van der Waals surface area contributed by atoms with E-state index in [4.69, 9.17) is 20.3 Å². The van der Waals surface area contributed by atoms with Crippen molar-refractivity contribution in [2.24, 2.45) is 5.73 Å². The summed E-state index contributed by atoms with van der Waals surface area (Å²) in [6, 6.07) is 4.95. The number of alkyl halides is 3. The second-order valence-corrected chi connectivity index (χ2v) is 8.36. The first-order chi connectivity index (χ1) is 18.1. The van der Waals surface area contributed by atoms with Gasteiger partial charge in [-0.1, -0.05) is 12.1 Å². The van der Waals surface area contributed by atoms with Gasteiger partial charge in [-0.25, -0.2) is 9.07 Å². The second-order valence-electron chi connectivity index (χ2n) is 8.36. The lowest BCUT2D eigenvalue weighted by molar-refractivity contribution is -0.164. The van der Waals surface area contributed by atoms with E-state index in [1.54, 1.807) is 12.1 Å². The first-order valence-corrected chi connectivity index (χ1v) is 10.7. The van der Waals surface area contributed by atoms with Gasteiger partial charge in [-0.2, -0.15) is 18.3 Å². The van der Waals surface area contributed by atoms with Crippen LogP contribution in [0.3, 0.4) is 0 Å². The lowest BCUT2D eigenvalue weighted by atomic mass is 10.0. The number of nitrogens with two attached hydrogens (primary N) is 2. The van der Waals surface area contributed by atoms with Gasteiger partial charge >= 0.3 is 6.18 Å². The molecule has 1 heterocycles. The second kappa shape index (κ2) is 9.17.